The van der Waals surface area contributed by atoms with Crippen molar-refractivity contribution in [2.24, 2.45) is 4.99 Å². The summed E-state index contributed by atoms with van der Waals surface area (Å²) >= 11 is 0.998. The topological polar surface area (TPSA) is 88.9 Å². The van der Waals surface area contributed by atoms with Crippen molar-refractivity contribution in [1.29, 1.82) is 0 Å². The number of carbonyl (C=O) groups excluding carboxylic acids is 1. The number of aromatic nitrogens is 2. The number of likely N-dealkylation sites (N-methyl/N-ethyl adjacent to an activating group) is 1. The minimum Gasteiger partial charge on any atom is -0.862 e. The van der Waals surface area contributed by atoms with Gasteiger partial charge in [0.25, 0.3) is 6.20 Å². The number of carbonyl (C=O) groups is 1. The first-order valence-corrected chi connectivity index (χ1v) is 10.1. The number of aliphatic imine (C=N–C) groups is 1. The quantitative estimate of drug-likeness (QED) is 0.380. The standard InChI is InChI=1S/C18H22FN5O3S/c1-2-22-8-10-23(11-9-22)24-13-17(27-21-24)20-16(25)7-12-28-18(26)14-3-5-15(19)6-4-14/h3-6,13H,2,7-12H2,1H3. The molecular formula is C18H22FN5O3S. The van der Waals surface area contributed by atoms with Crippen LogP contribution in [0.4, 0.5) is 10.3 Å². The number of hydrogen-bond donors (Lipinski definition) is 0. The normalized spacial score (nSPS) is 15.8. The number of benzene rings is 1. The van der Waals surface area contributed by atoms with Gasteiger partial charge in [-0.25, -0.2) is 9.38 Å². The molecule has 0 spiro atoms. The Morgan fingerprint density at radius 3 is 2.71 bits per heavy atom. The van der Waals surface area contributed by atoms with Crippen molar-refractivity contribution in [2.45, 2.75) is 13.3 Å². The summed E-state index contributed by atoms with van der Waals surface area (Å²) in [5.41, 5.74) is 0.398. The number of hydrogen-bond acceptors (Lipinski definition) is 8. The second kappa shape index (κ2) is 9.65. The summed E-state index contributed by atoms with van der Waals surface area (Å²) in [6.45, 7) is 6.68. The Morgan fingerprint density at radius 1 is 1.32 bits per heavy atom. The average Bonchev–Trinajstić information content (AvgIpc) is 3.17. The first-order chi connectivity index (χ1) is 13.5. The molecule has 2 aromatic rings. The van der Waals surface area contributed by atoms with Crippen LogP contribution in [-0.4, -0.2) is 59.7 Å². The molecular weight excluding hydrogens is 385 g/mol. The molecule has 0 unspecified atom stereocenters. The van der Waals surface area contributed by atoms with Gasteiger partial charge in [0.1, 0.15) is 5.82 Å². The summed E-state index contributed by atoms with van der Waals surface area (Å²) < 4.78 is 18.0. The van der Waals surface area contributed by atoms with Gasteiger partial charge in [0.05, 0.1) is 17.9 Å². The van der Waals surface area contributed by atoms with E-state index in [0.717, 1.165) is 44.5 Å². The second-order valence-electron chi connectivity index (χ2n) is 6.25. The molecule has 0 aliphatic carbocycles. The SMILES string of the molecule is CCN1CCN([n+]2cc(N=C([O-])CCSC(=O)c3ccc(F)cc3)on2)CC1. The van der Waals surface area contributed by atoms with Crippen LogP contribution in [0.15, 0.2) is 40.0 Å². The number of nitrogens with zero attached hydrogens (tertiary/aromatic N) is 5. The summed E-state index contributed by atoms with van der Waals surface area (Å²) in [7, 11) is 0. The molecule has 0 radical (unpaired) electrons. The Kier molecular flexibility index (Phi) is 6.99. The van der Waals surface area contributed by atoms with Gasteiger partial charge in [-0.05, 0) is 43.1 Å². The van der Waals surface area contributed by atoms with Gasteiger partial charge in [-0.1, -0.05) is 18.7 Å². The van der Waals surface area contributed by atoms with Crippen LogP contribution in [0.1, 0.15) is 23.7 Å². The van der Waals surface area contributed by atoms with E-state index in [-0.39, 0.29) is 23.2 Å². The maximum Gasteiger partial charge on any atom is 0.324 e. The highest BCUT2D eigenvalue weighted by Gasteiger charge is 2.25. The third-order valence-electron chi connectivity index (χ3n) is 4.39. The van der Waals surface area contributed by atoms with E-state index in [9.17, 15) is 14.3 Å². The zero-order chi connectivity index (χ0) is 19.9. The van der Waals surface area contributed by atoms with Crippen molar-refractivity contribution in [3.8, 4) is 0 Å². The zero-order valence-electron chi connectivity index (χ0n) is 15.6. The predicted molar refractivity (Wildman–Crippen MR) is 102 cm³/mol. The summed E-state index contributed by atoms with van der Waals surface area (Å²) in [5.74, 6) is -0.366. The van der Waals surface area contributed by atoms with Crippen LogP contribution in [0, 0.1) is 5.82 Å². The fraction of sp³-hybridized carbons (Fsp3) is 0.444. The van der Waals surface area contributed by atoms with Crippen molar-refractivity contribution < 1.29 is 23.6 Å². The van der Waals surface area contributed by atoms with Crippen LogP contribution < -0.4 is 14.9 Å². The molecule has 0 amide bonds. The highest BCUT2D eigenvalue weighted by Crippen LogP contribution is 2.15. The van der Waals surface area contributed by atoms with Gasteiger partial charge in [0.15, 0.2) is 0 Å². The molecule has 1 aromatic heterocycles. The molecule has 8 nitrogen and oxygen atoms in total. The van der Waals surface area contributed by atoms with Crippen molar-refractivity contribution in [1.82, 2.24) is 10.2 Å². The summed E-state index contributed by atoms with van der Waals surface area (Å²) in [4.78, 5) is 19.8. The van der Waals surface area contributed by atoms with Crippen molar-refractivity contribution >= 4 is 28.7 Å². The molecule has 1 fully saturated rings. The summed E-state index contributed by atoms with van der Waals surface area (Å²) in [5, 5.41) is 17.7. The lowest BCUT2D eigenvalue weighted by atomic mass is 10.2. The van der Waals surface area contributed by atoms with Crippen LogP contribution in [0.2, 0.25) is 0 Å². The van der Waals surface area contributed by atoms with E-state index >= 15 is 0 Å². The third-order valence-corrected chi connectivity index (χ3v) is 5.30. The third kappa shape index (κ3) is 5.52. The maximum atomic E-state index is 12.9. The Morgan fingerprint density at radius 2 is 2.04 bits per heavy atom. The maximum absolute atomic E-state index is 12.9. The molecule has 3 rings (SSSR count). The lowest BCUT2D eigenvalue weighted by Crippen LogP contribution is -2.65. The monoisotopic (exact) mass is 407 g/mol. The molecule has 1 aliphatic rings. The Balaban J connectivity index is 1.47. The van der Waals surface area contributed by atoms with Crippen LogP contribution in [0.3, 0.4) is 0 Å². The number of rotatable bonds is 7. The van der Waals surface area contributed by atoms with E-state index in [1.54, 1.807) is 11.0 Å². The van der Waals surface area contributed by atoms with Gasteiger partial charge in [-0.2, -0.15) is 5.01 Å². The fourth-order valence-electron chi connectivity index (χ4n) is 2.75. The van der Waals surface area contributed by atoms with E-state index in [1.165, 1.54) is 24.3 Å². The molecule has 1 saturated heterocycles. The zero-order valence-corrected chi connectivity index (χ0v) is 16.4. The van der Waals surface area contributed by atoms with Gasteiger partial charge < -0.3 is 5.11 Å². The van der Waals surface area contributed by atoms with Gasteiger partial charge >= 0.3 is 5.88 Å². The van der Waals surface area contributed by atoms with Crippen LogP contribution in [-0.2, 0) is 0 Å². The molecule has 2 heterocycles. The lowest BCUT2D eigenvalue weighted by Gasteiger charge is -2.28. The molecule has 0 bridgehead atoms. The smallest absolute Gasteiger partial charge is 0.324 e. The van der Waals surface area contributed by atoms with E-state index < -0.39 is 11.7 Å². The lowest BCUT2D eigenvalue weighted by molar-refractivity contribution is -0.759. The second-order valence-corrected chi connectivity index (χ2v) is 7.31. The van der Waals surface area contributed by atoms with Crippen molar-refractivity contribution in [3.63, 3.8) is 0 Å². The Hall–Kier alpha value is -2.46. The van der Waals surface area contributed by atoms with Gasteiger partial charge in [0.2, 0.25) is 10.4 Å². The van der Waals surface area contributed by atoms with Crippen LogP contribution >= 0.6 is 11.8 Å². The number of thioether (sulfide) groups is 1. The average molecular weight is 407 g/mol. The minimum atomic E-state index is -0.396. The largest absolute Gasteiger partial charge is 0.862 e. The van der Waals surface area contributed by atoms with Crippen molar-refractivity contribution in [3.05, 3.63) is 41.8 Å². The van der Waals surface area contributed by atoms with Gasteiger partial charge in [-0.3, -0.25) is 14.2 Å². The van der Waals surface area contributed by atoms with Gasteiger partial charge in [-0.15, -0.1) is 0 Å². The van der Waals surface area contributed by atoms with E-state index in [2.05, 4.69) is 22.1 Å². The van der Waals surface area contributed by atoms with E-state index in [0.29, 0.717) is 5.56 Å². The highest BCUT2D eigenvalue weighted by atomic mass is 32.2. The Labute approximate surface area is 166 Å². The summed E-state index contributed by atoms with van der Waals surface area (Å²) in [6.07, 6.45) is 1.67. The highest BCUT2D eigenvalue weighted by molar-refractivity contribution is 8.14. The Bertz CT molecular complexity index is 819. The minimum absolute atomic E-state index is 0.0907. The first-order valence-electron chi connectivity index (χ1n) is 9.08. The van der Waals surface area contributed by atoms with Crippen LogP contribution in [0.5, 0.6) is 0 Å². The van der Waals surface area contributed by atoms with E-state index in [1.807, 2.05) is 5.01 Å². The van der Waals surface area contributed by atoms with Crippen LogP contribution in [0.25, 0.3) is 0 Å². The van der Waals surface area contributed by atoms with Crippen molar-refractivity contribution in [2.75, 3.05) is 43.5 Å². The van der Waals surface area contributed by atoms with Gasteiger partial charge in [0, 0.05) is 24.4 Å². The predicted octanol–water partition coefficient (Wildman–Crippen LogP) is 0.729. The molecule has 150 valence electrons. The van der Waals surface area contributed by atoms with E-state index in [4.69, 9.17) is 4.52 Å². The number of piperazine rings is 1. The summed E-state index contributed by atoms with van der Waals surface area (Å²) in [6, 6.07) is 5.31. The molecule has 0 atom stereocenters. The number of halogens is 1. The first kappa shape index (κ1) is 20.3. The molecule has 1 aromatic carbocycles. The molecule has 28 heavy (non-hydrogen) atoms. The molecule has 10 heteroatoms. The fourth-order valence-corrected chi connectivity index (χ4v) is 3.51. The molecule has 0 saturated carbocycles. The molecule has 0 N–H and O–H groups in total. The molecule has 1 aliphatic heterocycles.